The van der Waals surface area contributed by atoms with Crippen molar-refractivity contribution in [3.05, 3.63) is 57.8 Å². The van der Waals surface area contributed by atoms with Crippen LogP contribution in [0.2, 0.25) is 10.0 Å². The van der Waals surface area contributed by atoms with Crippen LogP contribution in [-0.2, 0) is 6.54 Å². The SMILES string of the molecule is NCc1ncc(OCC2CCC(/C=C/c3c(-c4c(Cl)cncc4Cl)noc3C3CC3)CC2)cc1OC1CCC1. The van der Waals surface area contributed by atoms with Gasteiger partial charge >= 0.3 is 0 Å². The first kappa shape index (κ1) is 26.6. The summed E-state index contributed by atoms with van der Waals surface area (Å²) >= 11 is 12.9. The van der Waals surface area contributed by atoms with Gasteiger partial charge in [-0.05, 0) is 69.6 Å². The summed E-state index contributed by atoms with van der Waals surface area (Å²) in [5.74, 6) is 3.88. The Labute approximate surface area is 239 Å². The van der Waals surface area contributed by atoms with Crippen LogP contribution in [-0.4, -0.2) is 27.8 Å². The molecule has 0 amide bonds. The Balaban J connectivity index is 1.07. The summed E-state index contributed by atoms with van der Waals surface area (Å²) in [6.07, 6.45) is 19.8. The van der Waals surface area contributed by atoms with E-state index in [-0.39, 0.29) is 6.10 Å². The van der Waals surface area contributed by atoms with E-state index in [1.165, 1.54) is 6.42 Å². The number of ether oxygens (including phenoxy) is 2. The van der Waals surface area contributed by atoms with Gasteiger partial charge < -0.3 is 19.7 Å². The second-order valence-electron chi connectivity index (χ2n) is 11.0. The predicted octanol–water partition coefficient (Wildman–Crippen LogP) is 7.60. The van der Waals surface area contributed by atoms with Crippen molar-refractivity contribution in [1.29, 1.82) is 0 Å². The van der Waals surface area contributed by atoms with Gasteiger partial charge in [0.25, 0.3) is 0 Å². The molecule has 39 heavy (non-hydrogen) atoms. The van der Waals surface area contributed by atoms with Gasteiger partial charge in [0, 0.05) is 42.0 Å². The van der Waals surface area contributed by atoms with Gasteiger partial charge in [0.2, 0.25) is 0 Å². The van der Waals surface area contributed by atoms with E-state index in [4.69, 9.17) is 42.9 Å². The van der Waals surface area contributed by atoms with Crippen LogP contribution in [0.5, 0.6) is 11.5 Å². The van der Waals surface area contributed by atoms with Crippen molar-refractivity contribution in [2.45, 2.75) is 76.4 Å². The van der Waals surface area contributed by atoms with Crippen LogP contribution < -0.4 is 15.2 Å². The maximum atomic E-state index is 6.45. The van der Waals surface area contributed by atoms with Crippen molar-refractivity contribution in [1.82, 2.24) is 15.1 Å². The Morgan fingerprint density at radius 3 is 2.44 bits per heavy atom. The molecule has 206 valence electrons. The monoisotopic (exact) mass is 568 g/mol. The topological polar surface area (TPSA) is 96.3 Å². The van der Waals surface area contributed by atoms with Gasteiger partial charge in [0.15, 0.2) is 0 Å². The minimum absolute atomic E-state index is 0.281. The van der Waals surface area contributed by atoms with Crippen molar-refractivity contribution in [2.75, 3.05) is 6.61 Å². The lowest BCUT2D eigenvalue weighted by molar-refractivity contribution is 0.117. The van der Waals surface area contributed by atoms with Crippen LogP contribution in [0.25, 0.3) is 17.3 Å². The lowest BCUT2D eigenvalue weighted by atomic mass is 9.82. The zero-order chi connectivity index (χ0) is 26.8. The van der Waals surface area contributed by atoms with Crippen molar-refractivity contribution >= 4 is 29.3 Å². The van der Waals surface area contributed by atoms with E-state index in [0.29, 0.717) is 52.2 Å². The van der Waals surface area contributed by atoms with E-state index in [0.717, 1.165) is 79.9 Å². The molecule has 0 aliphatic heterocycles. The van der Waals surface area contributed by atoms with Gasteiger partial charge in [0.05, 0.1) is 34.6 Å². The maximum absolute atomic E-state index is 6.45. The number of nitrogens with zero attached hydrogens (tertiary/aromatic N) is 3. The molecule has 3 fully saturated rings. The third-order valence-corrected chi connectivity index (χ3v) is 8.72. The van der Waals surface area contributed by atoms with E-state index in [2.05, 4.69) is 27.3 Å². The first-order valence-corrected chi connectivity index (χ1v) is 14.8. The van der Waals surface area contributed by atoms with E-state index >= 15 is 0 Å². The fourth-order valence-electron chi connectivity index (χ4n) is 5.38. The fraction of sp³-hybridized carbons (Fsp3) is 0.500. The fourth-order valence-corrected chi connectivity index (χ4v) is 5.92. The van der Waals surface area contributed by atoms with Gasteiger partial charge in [-0.2, -0.15) is 0 Å². The van der Waals surface area contributed by atoms with E-state index in [1.54, 1.807) is 18.6 Å². The summed E-state index contributed by atoms with van der Waals surface area (Å²) in [6, 6.07) is 1.96. The van der Waals surface area contributed by atoms with Gasteiger partial charge in [-0.1, -0.05) is 40.5 Å². The number of aromatic nitrogens is 3. The van der Waals surface area contributed by atoms with Gasteiger partial charge in [-0.15, -0.1) is 0 Å². The molecule has 3 aromatic rings. The molecule has 0 unspecified atom stereocenters. The molecular weight excluding hydrogens is 535 g/mol. The summed E-state index contributed by atoms with van der Waals surface area (Å²) in [7, 11) is 0. The number of hydrogen-bond donors (Lipinski definition) is 1. The van der Waals surface area contributed by atoms with Crippen LogP contribution in [0.4, 0.5) is 0 Å². The molecule has 0 spiro atoms. The molecule has 7 nitrogen and oxygen atoms in total. The van der Waals surface area contributed by atoms with Crippen molar-refractivity contribution in [2.24, 2.45) is 17.6 Å². The van der Waals surface area contributed by atoms with Crippen LogP contribution in [0.15, 0.2) is 35.3 Å². The molecule has 0 atom stereocenters. The van der Waals surface area contributed by atoms with Crippen LogP contribution in [0.1, 0.15) is 80.7 Å². The molecule has 2 N–H and O–H groups in total. The second kappa shape index (κ2) is 11.9. The van der Waals surface area contributed by atoms with Crippen LogP contribution in [0.3, 0.4) is 0 Å². The molecule has 3 heterocycles. The van der Waals surface area contributed by atoms with Gasteiger partial charge in [-0.3, -0.25) is 9.97 Å². The van der Waals surface area contributed by atoms with Gasteiger partial charge in [0.1, 0.15) is 23.0 Å². The highest BCUT2D eigenvalue weighted by atomic mass is 35.5. The van der Waals surface area contributed by atoms with E-state index in [9.17, 15) is 0 Å². The largest absolute Gasteiger partial charge is 0.492 e. The standard InChI is InChI=1S/C30H34Cl2N4O3/c31-24-15-34-16-25(32)28(24)29-23(30(39-36-29)20-9-10-20)11-8-18-4-6-19(7-5-18)17-37-22-12-27(26(13-33)35-14-22)38-21-2-1-3-21/h8,11-12,14-16,18-21H,1-7,9-10,13,17,33H2/b11-8+. The zero-order valence-electron chi connectivity index (χ0n) is 22.0. The Morgan fingerprint density at radius 2 is 1.77 bits per heavy atom. The van der Waals surface area contributed by atoms with E-state index < -0.39 is 0 Å². The number of rotatable bonds is 10. The molecule has 3 aliphatic carbocycles. The first-order valence-electron chi connectivity index (χ1n) is 14.0. The summed E-state index contributed by atoms with van der Waals surface area (Å²) in [6.45, 7) is 1.05. The van der Waals surface area contributed by atoms with Crippen molar-refractivity contribution < 1.29 is 14.0 Å². The number of hydrogen-bond acceptors (Lipinski definition) is 7. The summed E-state index contributed by atoms with van der Waals surface area (Å²) in [5, 5.41) is 5.33. The average Bonchev–Trinajstić information content (AvgIpc) is 3.69. The minimum Gasteiger partial charge on any atom is -0.492 e. The Morgan fingerprint density at radius 1 is 1.00 bits per heavy atom. The smallest absolute Gasteiger partial charge is 0.147 e. The number of pyridine rings is 2. The Kier molecular flexibility index (Phi) is 8.09. The number of halogens is 2. The van der Waals surface area contributed by atoms with E-state index in [1.807, 2.05) is 6.07 Å². The molecule has 0 saturated heterocycles. The van der Waals surface area contributed by atoms with Crippen molar-refractivity contribution in [3.63, 3.8) is 0 Å². The van der Waals surface area contributed by atoms with Crippen LogP contribution >= 0.6 is 23.2 Å². The molecule has 0 aromatic carbocycles. The van der Waals surface area contributed by atoms with Gasteiger partial charge in [-0.25, -0.2) is 0 Å². The number of allylic oxidation sites excluding steroid dienone is 1. The Hall–Kier alpha value is -2.61. The summed E-state index contributed by atoms with van der Waals surface area (Å²) in [4.78, 5) is 8.56. The lowest BCUT2D eigenvalue weighted by Crippen LogP contribution is -2.25. The maximum Gasteiger partial charge on any atom is 0.147 e. The first-order chi connectivity index (χ1) is 19.1. The second-order valence-corrected chi connectivity index (χ2v) is 11.8. The highest BCUT2D eigenvalue weighted by Gasteiger charge is 2.33. The highest BCUT2D eigenvalue weighted by Crippen LogP contribution is 2.46. The average molecular weight is 570 g/mol. The summed E-state index contributed by atoms with van der Waals surface area (Å²) < 4.78 is 18.0. The molecule has 3 saturated carbocycles. The van der Waals surface area contributed by atoms with Crippen LogP contribution in [0, 0.1) is 11.8 Å². The normalized spacial score (nSPS) is 21.7. The number of nitrogens with two attached hydrogens (primary N) is 1. The van der Waals surface area contributed by atoms with Crippen molar-refractivity contribution in [3.8, 4) is 22.8 Å². The molecular formula is C30H34Cl2N4O3. The molecule has 0 radical (unpaired) electrons. The third kappa shape index (κ3) is 6.11. The molecule has 6 rings (SSSR count). The third-order valence-electron chi connectivity index (χ3n) is 8.15. The predicted molar refractivity (Wildman–Crippen MR) is 152 cm³/mol. The minimum atomic E-state index is 0.281. The zero-order valence-corrected chi connectivity index (χ0v) is 23.5. The molecule has 3 aliphatic rings. The Bertz CT molecular complexity index is 1310. The highest BCUT2D eigenvalue weighted by molar-refractivity contribution is 6.39. The quantitative estimate of drug-likeness (QED) is 0.269. The molecule has 9 heteroatoms. The molecule has 0 bridgehead atoms. The summed E-state index contributed by atoms with van der Waals surface area (Å²) in [5.41, 5.74) is 9.02. The molecule has 3 aromatic heterocycles. The lowest BCUT2D eigenvalue weighted by Gasteiger charge is -2.28.